The van der Waals surface area contributed by atoms with Crippen molar-refractivity contribution < 1.29 is 14.3 Å². The van der Waals surface area contributed by atoms with E-state index in [-0.39, 0.29) is 30.0 Å². The fraction of sp³-hybridized carbons (Fsp3) is 0.423. The van der Waals surface area contributed by atoms with Crippen LogP contribution in [0.2, 0.25) is 0 Å². The summed E-state index contributed by atoms with van der Waals surface area (Å²) >= 11 is 0. The number of morpholine rings is 1. The van der Waals surface area contributed by atoms with Gasteiger partial charge < -0.3 is 25.0 Å². The average molecular weight is 490 g/mol. The van der Waals surface area contributed by atoms with Crippen LogP contribution in [0.3, 0.4) is 0 Å². The third kappa shape index (κ3) is 5.38. The summed E-state index contributed by atoms with van der Waals surface area (Å²) in [6, 6.07) is 11.9. The van der Waals surface area contributed by atoms with E-state index in [9.17, 15) is 4.79 Å². The second-order valence-corrected chi connectivity index (χ2v) is 9.37. The fourth-order valence-corrected chi connectivity index (χ4v) is 4.46. The number of amides is 1. The first kappa shape index (κ1) is 23.9. The van der Waals surface area contributed by atoms with Crippen LogP contribution in [0.25, 0.3) is 11.3 Å². The van der Waals surface area contributed by atoms with Crippen molar-refractivity contribution in [3.8, 4) is 17.1 Å². The number of carbonyl (C=O) groups is 1. The number of nitrogens with two attached hydrogens (primary N) is 1. The smallest absolute Gasteiger partial charge is 0.229 e. The molecule has 10 nitrogen and oxygen atoms in total. The molecule has 1 aliphatic heterocycles. The van der Waals surface area contributed by atoms with Gasteiger partial charge >= 0.3 is 0 Å². The summed E-state index contributed by atoms with van der Waals surface area (Å²) in [6.45, 7) is 4.01. The van der Waals surface area contributed by atoms with E-state index >= 15 is 0 Å². The van der Waals surface area contributed by atoms with Gasteiger partial charge in [-0.25, -0.2) is 15.0 Å². The number of ether oxygens (including phenoxy) is 2. The summed E-state index contributed by atoms with van der Waals surface area (Å²) in [5.74, 6) is 1.40. The van der Waals surface area contributed by atoms with E-state index in [0.29, 0.717) is 43.7 Å². The van der Waals surface area contributed by atoms with Gasteiger partial charge in [0.25, 0.3) is 0 Å². The molecular formula is C26H31N7O3. The molecule has 188 valence electrons. The van der Waals surface area contributed by atoms with Gasteiger partial charge in [0.2, 0.25) is 23.7 Å². The first-order chi connectivity index (χ1) is 17.5. The molecular weight excluding hydrogens is 458 g/mol. The molecule has 5 rings (SSSR count). The van der Waals surface area contributed by atoms with E-state index in [1.807, 2.05) is 42.3 Å². The predicted octanol–water partition coefficient (Wildman–Crippen LogP) is 2.35. The number of rotatable bonds is 7. The van der Waals surface area contributed by atoms with Crippen LogP contribution in [0.1, 0.15) is 25.3 Å². The molecule has 1 aliphatic carbocycles. The summed E-state index contributed by atoms with van der Waals surface area (Å²) in [7, 11) is 1.87. The fourth-order valence-electron chi connectivity index (χ4n) is 4.46. The Morgan fingerprint density at radius 2 is 1.94 bits per heavy atom. The van der Waals surface area contributed by atoms with Gasteiger partial charge in [-0.15, -0.1) is 0 Å². The second kappa shape index (κ2) is 10.4. The molecule has 1 saturated heterocycles. The summed E-state index contributed by atoms with van der Waals surface area (Å²) in [4.78, 5) is 34.4. The van der Waals surface area contributed by atoms with Gasteiger partial charge in [0, 0.05) is 56.5 Å². The Bertz CT molecular complexity index is 1190. The Morgan fingerprint density at radius 3 is 2.67 bits per heavy atom. The molecule has 2 aromatic heterocycles. The van der Waals surface area contributed by atoms with E-state index in [2.05, 4.69) is 21.8 Å². The third-order valence-electron chi connectivity index (χ3n) is 6.78. The molecule has 0 bridgehead atoms. The van der Waals surface area contributed by atoms with Crippen LogP contribution in [0, 0.1) is 0 Å². The minimum atomic E-state index is -0.0256. The van der Waals surface area contributed by atoms with Gasteiger partial charge in [-0.05, 0) is 12.5 Å². The zero-order valence-electron chi connectivity index (χ0n) is 20.6. The van der Waals surface area contributed by atoms with E-state index < -0.39 is 0 Å². The van der Waals surface area contributed by atoms with Crippen molar-refractivity contribution in [3.63, 3.8) is 0 Å². The first-order valence-electron chi connectivity index (χ1n) is 12.2. The SMILES string of the molecule is C[C@H]1COCCN1c1nc(O[C@H]2C[C@H](N(C)C(=O)Cc3ccccc3)C2)cc(-c2cnc(N)nc2)n1. The average Bonchev–Trinajstić information content (AvgIpc) is 2.86. The molecule has 1 saturated carbocycles. The van der Waals surface area contributed by atoms with Crippen LogP contribution in [0.5, 0.6) is 5.88 Å². The number of carbonyl (C=O) groups excluding carboxylic acids is 1. The molecule has 0 spiro atoms. The maximum Gasteiger partial charge on any atom is 0.229 e. The standard InChI is InChI=1S/C26H31N7O3/c1-17-16-35-9-8-33(17)26-30-22(19-14-28-25(27)29-15-19)13-23(31-26)36-21-11-20(12-21)32(2)24(34)10-18-6-4-3-5-7-18/h3-7,13-15,17,20-21H,8-12,16H2,1-2H3,(H2,27,28,29)/t17-,20-,21-/m0/s1. The van der Waals surface area contributed by atoms with Crippen molar-refractivity contribution in [2.75, 3.05) is 37.4 Å². The van der Waals surface area contributed by atoms with Crippen molar-refractivity contribution in [1.29, 1.82) is 0 Å². The van der Waals surface area contributed by atoms with E-state index in [1.54, 1.807) is 18.5 Å². The molecule has 1 atom stereocenters. The molecule has 36 heavy (non-hydrogen) atoms. The van der Waals surface area contributed by atoms with E-state index in [4.69, 9.17) is 25.2 Å². The number of aromatic nitrogens is 4. The lowest BCUT2D eigenvalue weighted by Crippen LogP contribution is -2.50. The molecule has 3 aromatic rings. The molecule has 1 amide bonds. The Kier molecular flexibility index (Phi) is 6.95. The van der Waals surface area contributed by atoms with Gasteiger partial charge in [0.1, 0.15) is 6.10 Å². The first-order valence-corrected chi connectivity index (χ1v) is 12.2. The van der Waals surface area contributed by atoms with Crippen LogP contribution in [-0.2, 0) is 16.0 Å². The number of hydrogen-bond donors (Lipinski definition) is 1. The van der Waals surface area contributed by atoms with Crippen molar-refractivity contribution in [2.45, 2.75) is 44.4 Å². The van der Waals surface area contributed by atoms with Gasteiger partial charge in [-0.1, -0.05) is 30.3 Å². The highest BCUT2D eigenvalue weighted by atomic mass is 16.5. The third-order valence-corrected chi connectivity index (χ3v) is 6.78. The highest BCUT2D eigenvalue weighted by Crippen LogP contribution is 2.32. The van der Waals surface area contributed by atoms with Crippen LogP contribution in [0.15, 0.2) is 48.8 Å². The van der Waals surface area contributed by atoms with Gasteiger partial charge in [0.15, 0.2) is 0 Å². The summed E-state index contributed by atoms with van der Waals surface area (Å²) in [5.41, 5.74) is 8.08. The number of likely N-dealkylation sites (N-methyl/N-ethyl adjacent to an activating group) is 1. The monoisotopic (exact) mass is 489 g/mol. The van der Waals surface area contributed by atoms with Crippen LogP contribution in [-0.4, -0.2) is 75.7 Å². The Balaban J connectivity index is 1.28. The number of anilines is 2. The minimum Gasteiger partial charge on any atom is -0.474 e. The Labute approximate surface area is 210 Å². The molecule has 0 unspecified atom stereocenters. The maximum absolute atomic E-state index is 12.7. The van der Waals surface area contributed by atoms with E-state index in [0.717, 1.165) is 24.0 Å². The number of nitrogen functional groups attached to an aromatic ring is 1. The lowest BCUT2D eigenvalue weighted by Gasteiger charge is -2.41. The molecule has 0 radical (unpaired) electrons. The quantitative estimate of drug-likeness (QED) is 0.533. The molecule has 2 N–H and O–H groups in total. The highest BCUT2D eigenvalue weighted by molar-refractivity contribution is 5.79. The van der Waals surface area contributed by atoms with Crippen LogP contribution in [0.4, 0.5) is 11.9 Å². The summed E-state index contributed by atoms with van der Waals surface area (Å²) < 4.78 is 11.8. The molecule has 3 heterocycles. The topological polar surface area (TPSA) is 120 Å². The summed E-state index contributed by atoms with van der Waals surface area (Å²) in [5, 5.41) is 0. The summed E-state index contributed by atoms with van der Waals surface area (Å²) in [6.07, 6.45) is 5.18. The number of nitrogens with zero attached hydrogens (tertiary/aromatic N) is 6. The highest BCUT2D eigenvalue weighted by Gasteiger charge is 2.36. The minimum absolute atomic E-state index is 0.0256. The van der Waals surface area contributed by atoms with Crippen molar-refractivity contribution >= 4 is 17.8 Å². The zero-order valence-corrected chi connectivity index (χ0v) is 20.6. The number of benzene rings is 1. The lowest BCUT2D eigenvalue weighted by atomic mass is 9.87. The Morgan fingerprint density at radius 1 is 1.19 bits per heavy atom. The van der Waals surface area contributed by atoms with Crippen molar-refractivity contribution in [1.82, 2.24) is 24.8 Å². The number of hydrogen-bond acceptors (Lipinski definition) is 9. The van der Waals surface area contributed by atoms with Crippen molar-refractivity contribution in [2.24, 2.45) is 0 Å². The van der Waals surface area contributed by atoms with Gasteiger partial charge in [0.05, 0.1) is 31.4 Å². The van der Waals surface area contributed by atoms with Crippen molar-refractivity contribution in [3.05, 3.63) is 54.4 Å². The Hall–Kier alpha value is -3.79. The van der Waals surface area contributed by atoms with Gasteiger partial charge in [-0.2, -0.15) is 4.98 Å². The van der Waals surface area contributed by atoms with Crippen LogP contribution < -0.4 is 15.4 Å². The molecule has 10 heteroatoms. The predicted molar refractivity (Wildman–Crippen MR) is 135 cm³/mol. The lowest BCUT2D eigenvalue weighted by molar-refractivity contribution is -0.134. The zero-order chi connectivity index (χ0) is 25.1. The molecule has 1 aromatic carbocycles. The van der Waals surface area contributed by atoms with E-state index in [1.165, 1.54) is 0 Å². The maximum atomic E-state index is 12.7. The molecule has 2 fully saturated rings. The normalized spacial score (nSPS) is 21.5. The van der Waals surface area contributed by atoms with Crippen LogP contribution >= 0.6 is 0 Å². The molecule has 2 aliphatic rings. The largest absolute Gasteiger partial charge is 0.474 e. The second-order valence-electron chi connectivity index (χ2n) is 9.37. The van der Waals surface area contributed by atoms with Gasteiger partial charge in [-0.3, -0.25) is 4.79 Å².